The van der Waals surface area contributed by atoms with Crippen molar-refractivity contribution in [3.8, 4) is 0 Å². The third-order valence-corrected chi connectivity index (χ3v) is 7.72. The Balaban J connectivity index is 1.73. The third kappa shape index (κ3) is 4.29. The first kappa shape index (κ1) is 23.8. The van der Waals surface area contributed by atoms with E-state index in [2.05, 4.69) is 40.7 Å². The number of pyridine rings is 1. The van der Waals surface area contributed by atoms with E-state index in [-0.39, 0.29) is 23.0 Å². The van der Waals surface area contributed by atoms with Gasteiger partial charge in [-0.2, -0.15) is 0 Å². The molecule has 1 aliphatic heterocycles. The Kier molecular flexibility index (Phi) is 5.65. The first-order valence-electron chi connectivity index (χ1n) is 12.2. The fourth-order valence-corrected chi connectivity index (χ4v) is 5.31. The molecule has 0 N–H and O–H groups in total. The van der Waals surface area contributed by atoms with Crippen molar-refractivity contribution >= 4 is 22.9 Å². The molecule has 6 nitrogen and oxygen atoms in total. The molecule has 0 atom stereocenters. The summed E-state index contributed by atoms with van der Waals surface area (Å²) in [5.41, 5.74) is 2.95. The molecule has 6 heteroatoms. The van der Waals surface area contributed by atoms with Gasteiger partial charge in [0, 0.05) is 43.4 Å². The molecule has 3 heterocycles. The fraction of sp³-hybridized carbons (Fsp3) is 0.667. The van der Waals surface area contributed by atoms with Crippen LogP contribution in [0.4, 0.5) is 0 Å². The lowest BCUT2D eigenvalue weighted by molar-refractivity contribution is -0.144. The number of aromatic nitrogens is 1. The summed E-state index contributed by atoms with van der Waals surface area (Å²) < 4.78 is 6.19. The van der Waals surface area contributed by atoms with E-state index in [0.717, 1.165) is 29.6 Å². The van der Waals surface area contributed by atoms with Crippen molar-refractivity contribution in [3.05, 3.63) is 29.2 Å². The molecule has 0 spiro atoms. The zero-order valence-corrected chi connectivity index (χ0v) is 21.5. The van der Waals surface area contributed by atoms with Crippen molar-refractivity contribution in [1.29, 1.82) is 0 Å². The number of rotatable bonds is 2. The highest BCUT2D eigenvalue weighted by Crippen LogP contribution is 2.43. The maximum Gasteiger partial charge on any atom is 0.290 e. The van der Waals surface area contributed by atoms with Gasteiger partial charge in [-0.3, -0.25) is 9.59 Å². The van der Waals surface area contributed by atoms with Crippen LogP contribution in [0.15, 0.2) is 16.5 Å². The van der Waals surface area contributed by atoms with Gasteiger partial charge < -0.3 is 14.2 Å². The van der Waals surface area contributed by atoms with Crippen LogP contribution in [-0.4, -0.2) is 52.3 Å². The molecule has 0 radical (unpaired) electrons. The Hall–Kier alpha value is -2.37. The summed E-state index contributed by atoms with van der Waals surface area (Å²) in [6.07, 6.45) is 4.67. The molecule has 2 amide bonds. The van der Waals surface area contributed by atoms with Crippen molar-refractivity contribution in [3.63, 3.8) is 0 Å². The molecule has 1 aliphatic carbocycles. The zero-order valence-electron chi connectivity index (χ0n) is 21.5. The second-order valence-electron chi connectivity index (χ2n) is 12.4. The van der Waals surface area contributed by atoms with Crippen LogP contribution in [0, 0.1) is 5.41 Å². The minimum absolute atomic E-state index is 0.0609. The number of carbonyl (C=O) groups is 2. The molecule has 2 aliphatic rings. The molecular formula is C27H39N3O3. The van der Waals surface area contributed by atoms with Crippen LogP contribution < -0.4 is 0 Å². The van der Waals surface area contributed by atoms with Gasteiger partial charge in [0.2, 0.25) is 5.91 Å². The first-order chi connectivity index (χ1) is 15.2. The quantitative estimate of drug-likeness (QED) is 0.602. The van der Waals surface area contributed by atoms with Crippen molar-refractivity contribution in [2.45, 2.75) is 91.0 Å². The molecule has 2 fully saturated rings. The molecular weight excluding hydrogens is 414 g/mol. The number of fused-ring (bicyclic) bond motifs is 1. The Bertz CT molecular complexity index is 1080. The van der Waals surface area contributed by atoms with Crippen LogP contribution >= 0.6 is 0 Å². The number of carbonyl (C=O) groups excluding carboxylic acids is 2. The summed E-state index contributed by atoms with van der Waals surface area (Å²) in [6.45, 7) is 15.8. The molecule has 1 saturated carbocycles. The van der Waals surface area contributed by atoms with Crippen LogP contribution in [0.5, 0.6) is 0 Å². The number of hydrogen-bond donors (Lipinski definition) is 0. The van der Waals surface area contributed by atoms with E-state index in [1.165, 1.54) is 12.8 Å². The Morgan fingerprint density at radius 1 is 1.09 bits per heavy atom. The number of nitrogens with zero attached hydrogens (tertiary/aromatic N) is 3. The Labute approximate surface area is 197 Å². The molecule has 2 aromatic heterocycles. The smallest absolute Gasteiger partial charge is 0.290 e. The van der Waals surface area contributed by atoms with Gasteiger partial charge >= 0.3 is 0 Å². The lowest BCUT2D eigenvalue weighted by Crippen LogP contribution is -2.63. The predicted octanol–water partition coefficient (Wildman–Crippen LogP) is 5.50. The van der Waals surface area contributed by atoms with Crippen LogP contribution in [-0.2, 0) is 10.2 Å². The van der Waals surface area contributed by atoms with Crippen molar-refractivity contribution in [2.24, 2.45) is 5.41 Å². The average Bonchev–Trinajstić information content (AvgIpc) is 3.14. The van der Waals surface area contributed by atoms with Gasteiger partial charge in [-0.25, -0.2) is 4.98 Å². The van der Waals surface area contributed by atoms with Crippen LogP contribution in [0.2, 0.25) is 0 Å². The molecule has 0 aromatic carbocycles. The molecule has 2 aromatic rings. The summed E-state index contributed by atoms with van der Waals surface area (Å²) in [6, 6.07) is 3.98. The standard InChI is InChI=1S/C27H39N3O3/c1-25(2,3)18-15-19(17-9-11-26(4,5)12-10-17)28-20-16-21(33-22(18)20)23(31)30-14-13-29(8)24(32)27(30,6)7/h15-17H,9-14H2,1-8H3. The lowest BCUT2D eigenvalue weighted by Gasteiger charge is -2.44. The van der Waals surface area contributed by atoms with E-state index in [0.29, 0.717) is 30.0 Å². The molecule has 4 rings (SSSR count). The van der Waals surface area contributed by atoms with Gasteiger partial charge in [-0.15, -0.1) is 0 Å². The second kappa shape index (κ2) is 7.85. The van der Waals surface area contributed by atoms with Gasteiger partial charge in [0.05, 0.1) is 0 Å². The molecule has 0 unspecified atom stereocenters. The van der Waals surface area contributed by atoms with E-state index in [4.69, 9.17) is 9.40 Å². The van der Waals surface area contributed by atoms with Gasteiger partial charge in [-0.05, 0) is 56.4 Å². The number of piperazine rings is 1. The summed E-state index contributed by atoms with van der Waals surface area (Å²) in [7, 11) is 1.78. The van der Waals surface area contributed by atoms with E-state index < -0.39 is 5.54 Å². The highest BCUT2D eigenvalue weighted by atomic mass is 16.3. The van der Waals surface area contributed by atoms with Crippen LogP contribution in [0.25, 0.3) is 11.1 Å². The minimum Gasteiger partial charge on any atom is -0.449 e. The first-order valence-corrected chi connectivity index (χ1v) is 12.2. The Morgan fingerprint density at radius 2 is 1.73 bits per heavy atom. The molecule has 0 bridgehead atoms. The average molecular weight is 454 g/mol. The lowest BCUT2D eigenvalue weighted by atomic mass is 9.72. The summed E-state index contributed by atoms with van der Waals surface area (Å²) in [4.78, 5) is 34.5. The maximum absolute atomic E-state index is 13.5. The maximum atomic E-state index is 13.5. The van der Waals surface area contributed by atoms with E-state index in [1.54, 1.807) is 36.8 Å². The van der Waals surface area contributed by atoms with Crippen molar-refractivity contribution in [1.82, 2.24) is 14.8 Å². The largest absolute Gasteiger partial charge is 0.449 e. The van der Waals surface area contributed by atoms with Gasteiger partial charge in [0.25, 0.3) is 5.91 Å². The minimum atomic E-state index is -0.913. The number of furan rings is 1. The normalized spacial score (nSPS) is 21.6. The molecule has 1 saturated heterocycles. The fourth-order valence-electron chi connectivity index (χ4n) is 5.31. The molecule has 180 valence electrons. The predicted molar refractivity (Wildman–Crippen MR) is 130 cm³/mol. The van der Waals surface area contributed by atoms with Gasteiger partial charge in [-0.1, -0.05) is 34.6 Å². The van der Waals surface area contributed by atoms with Gasteiger partial charge in [0.15, 0.2) is 11.3 Å². The highest BCUT2D eigenvalue weighted by molar-refractivity contribution is 6.00. The van der Waals surface area contributed by atoms with E-state index in [9.17, 15) is 9.59 Å². The number of likely N-dealkylation sites (N-methyl/N-ethyl adjacent to an activating group) is 1. The van der Waals surface area contributed by atoms with E-state index >= 15 is 0 Å². The van der Waals surface area contributed by atoms with E-state index in [1.807, 2.05) is 0 Å². The number of amides is 2. The van der Waals surface area contributed by atoms with Crippen molar-refractivity contribution in [2.75, 3.05) is 20.1 Å². The topological polar surface area (TPSA) is 66.7 Å². The van der Waals surface area contributed by atoms with Crippen LogP contribution in [0.1, 0.15) is 102 Å². The third-order valence-electron chi connectivity index (χ3n) is 7.72. The second-order valence-corrected chi connectivity index (χ2v) is 12.4. The highest BCUT2D eigenvalue weighted by Gasteiger charge is 2.44. The molecule has 33 heavy (non-hydrogen) atoms. The SMILES string of the molecule is CN1CCN(C(=O)c2cc3nc(C4CCC(C)(C)CC4)cc(C(C)(C)C)c3o2)C(C)(C)C1=O. The summed E-state index contributed by atoms with van der Waals surface area (Å²) >= 11 is 0. The van der Waals surface area contributed by atoms with Gasteiger partial charge in [0.1, 0.15) is 11.1 Å². The summed E-state index contributed by atoms with van der Waals surface area (Å²) in [5.74, 6) is 0.386. The Morgan fingerprint density at radius 3 is 2.33 bits per heavy atom. The van der Waals surface area contributed by atoms with Crippen LogP contribution in [0.3, 0.4) is 0 Å². The number of hydrogen-bond acceptors (Lipinski definition) is 4. The monoisotopic (exact) mass is 453 g/mol. The zero-order chi connectivity index (χ0) is 24.3. The summed E-state index contributed by atoms with van der Waals surface area (Å²) in [5, 5.41) is 0. The van der Waals surface area contributed by atoms with Crippen molar-refractivity contribution < 1.29 is 14.0 Å².